The number of carbonyl (C=O) groups is 1. The zero-order valence-corrected chi connectivity index (χ0v) is 22.3. The highest BCUT2D eigenvalue weighted by atomic mass is 28.4. The number of hydrogen-bond donors (Lipinski definition) is 0. The molecule has 1 aliphatic rings. The topological polar surface area (TPSA) is 81.9 Å². The van der Waals surface area contributed by atoms with E-state index in [4.69, 9.17) is 9.16 Å². The lowest BCUT2D eigenvalue weighted by Crippen LogP contribution is -2.45. The van der Waals surface area contributed by atoms with Gasteiger partial charge in [0, 0.05) is 18.3 Å². The van der Waals surface area contributed by atoms with E-state index in [0.29, 0.717) is 24.3 Å². The molecule has 0 fully saturated rings. The molecule has 1 amide bonds. The summed E-state index contributed by atoms with van der Waals surface area (Å²) in [6.45, 7) is 12.7. The molecular weight excluding hydrogens is 467 g/mol. The van der Waals surface area contributed by atoms with Gasteiger partial charge in [0.15, 0.2) is 8.32 Å². The Kier molecular flexibility index (Phi) is 7.52. The van der Waals surface area contributed by atoms with Crippen LogP contribution in [0.1, 0.15) is 48.7 Å². The summed E-state index contributed by atoms with van der Waals surface area (Å²) in [5, 5.41) is 11.8. The molecule has 0 aromatic heterocycles. The number of carbonyl (C=O) groups excluding carboxylic acids is 1. The Morgan fingerprint density at radius 2 is 1.86 bits per heavy atom. The molecule has 9 heteroatoms. The fourth-order valence-corrected chi connectivity index (χ4v) is 4.82. The van der Waals surface area contributed by atoms with E-state index >= 15 is 0 Å². The molecule has 3 rings (SSSR count). The second-order valence-corrected chi connectivity index (χ2v) is 15.2. The number of nitro groups is 1. The number of ether oxygens (including phenoxy) is 1. The monoisotopic (exact) mass is 500 g/mol. The maximum absolute atomic E-state index is 13.7. The number of aryl methyl sites for hydroxylation is 1. The average molecular weight is 501 g/mol. The van der Waals surface area contributed by atoms with Crippen molar-refractivity contribution < 1.29 is 23.3 Å². The van der Waals surface area contributed by atoms with Crippen LogP contribution in [-0.2, 0) is 4.43 Å². The first kappa shape index (κ1) is 26.6. The van der Waals surface area contributed by atoms with Gasteiger partial charge in [0.25, 0.3) is 11.6 Å². The van der Waals surface area contributed by atoms with E-state index in [2.05, 4.69) is 33.9 Å². The molecule has 35 heavy (non-hydrogen) atoms. The Hall–Kier alpha value is -3.04. The number of rotatable bonds is 7. The molecular formula is C26H33FN2O5Si. The van der Waals surface area contributed by atoms with Gasteiger partial charge in [0.2, 0.25) is 0 Å². The van der Waals surface area contributed by atoms with Crippen LogP contribution >= 0.6 is 0 Å². The Morgan fingerprint density at radius 1 is 1.23 bits per heavy atom. The van der Waals surface area contributed by atoms with Crippen molar-refractivity contribution in [3.63, 3.8) is 0 Å². The van der Waals surface area contributed by atoms with Gasteiger partial charge in [0.05, 0.1) is 24.7 Å². The van der Waals surface area contributed by atoms with Crippen LogP contribution in [0.2, 0.25) is 18.1 Å². The number of hydrogen-bond acceptors (Lipinski definition) is 5. The van der Waals surface area contributed by atoms with Gasteiger partial charge in [-0.05, 0) is 60.3 Å². The Bertz CT molecular complexity index is 1160. The van der Waals surface area contributed by atoms with Crippen LogP contribution in [0.25, 0.3) is 5.57 Å². The van der Waals surface area contributed by atoms with E-state index in [-0.39, 0.29) is 28.1 Å². The van der Waals surface area contributed by atoms with Gasteiger partial charge in [-0.25, -0.2) is 4.39 Å². The van der Waals surface area contributed by atoms with Gasteiger partial charge in [0.1, 0.15) is 17.1 Å². The Balaban J connectivity index is 2.02. The maximum Gasteiger partial charge on any atom is 0.282 e. The zero-order chi connectivity index (χ0) is 26.1. The fraction of sp³-hybridized carbons (Fsp3) is 0.423. The van der Waals surface area contributed by atoms with E-state index in [0.717, 1.165) is 11.1 Å². The maximum atomic E-state index is 13.7. The molecule has 0 saturated carbocycles. The molecule has 1 heterocycles. The fourth-order valence-electron chi connectivity index (χ4n) is 3.77. The summed E-state index contributed by atoms with van der Waals surface area (Å²) < 4.78 is 25.2. The summed E-state index contributed by atoms with van der Waals surface area (Å²) in [6, 6.07) is 8.49. The van der Waals surface area contributed by atoms with Crippen LogP contribution < -0.4 is 4.74 Å². The van der Waals surface area contributed by atoms with E-state index in [9.17, 15) is 19.3 Å². The summed E-state index contributed by atoms with van der Waals surface area (Å²) in [7, 11) is -0.656. The summed E-state index contributed by atoms with van der Waals surface area (Å²) >= 11 is 0. The highest BCUT2D eigenvalue weighted by Crippen LogP contribution is 2.39. The van der Waals surface area contributed by atoms with Gasteiger partial charge >= 0.3 is 0 Å². The van der Waals surface area contributed by atoms with Crippen LogP contribution in [0.5, 0.6) is 5.75 Å². The predicted octanol–water partition coefficient (Wildman–Crippen LogP) is 6.33. The number of benzene rings is 2. The van der Waals surface area contributed by atoms with Crippen molar-refractivity contribution in [2.75, 3.05) is 13.7 Å². The molecule has 2 aromatic carbocycles. The molecule has 2 aromatic rings. The highest BCUT2D eigenvalue weighted by molar-refractivity contribution is 6.74. The lowest BCUT2D eigenvalue weighted by molar-refractivity contribution is -0.385. The zero-order valence-electron chi connectivity index (χ0n) is 21.3. The Labute approximate surface area is 206 Å². The first-order valence-electron chi connectivity index (χ1n) is 11.5. The number of nitrogens with zero attached hydrogens (tertiary/aromatic N) is 2. The summed E-state index contributed by atoms with van der Waals surface area (Å²) in [5.74, 6) is -0.452. The molecule has 188 valence electrons. The summed E-state index contributed by atoms with van der Waals surface area (Å²) in [4.78, 5) is 26.5. The van der Waals surface area contributed by atoms with E-state index in [1.807, 2.05) is 0 Å². The lowest BCUT2D eigenvalue weighted by Gasteiger charge is -2.38. The number of methoxy groups -OCH3 is 1. The van der Waals surface area contributed by atoms with Crippen molar-refractivity contribution in [2.45, 2.75) is 58.3 Å². The van der Waals surface area contributed by atoms with E-state index in [1.54, 1.807) is 25.3 Å². The van der Waals surface area contributed by atoms with Crippen LogP contribution in [0.3, 0.4) is 0 Å². The standard InChI is InChI=1S/C26H33FN2O5Si/c1-17-12-23(29(31)32)22(14-24(17)33-5)25(30)28-15-19(18-8-10-20(27)11-9-18)13-21(28)16-34-35(6,7)26(2,3)4/h8-12,14-15,21H,13,16H2,1-7H3/t21-/m0/s1. The largest absolute Gasteiger partial charge is 0.496 e. The SMILES string of the molecule is COc1cc(C(=O)N2C=C(c3ccc(F)cc3)C[C@H]2CO[Si](C)(C)C(C)(C)C)c([N+](=O)[O-])cc1C. The number of nitro benzene ring substituents is 1. The van der Waals surface area contributed by atoms with Gasteiger partial charge in [-0.3, -0.25) is 14.9 Å². The summed E-state index contributed by atoms with van der Waals surface area (Å²) in [6.07, 6.45) is 2.19. The van der Waals surface area contributed by atoms with Gasteiger partial charge < -0.3 is 14.1 Å². The van der Waals surface area contributed by atoms with Gasteiger partial charge in [-0.1, -0.05) is 32.9 Å². The molecule has 0 unspecified atom stereocenters. The summed E-state index contributed by atoms with van der Waals surface area (Å²) in [5.41, 5.74) is 1.86. The minimum Gasteiger partial charge on any atom is -0.496 e. The molecule has 0 spiro atoms. The lowest BCUT2D eigenvalue weighted by atomic mass is 10.0. The third-order valence-electron chi connectivity index (χ3n) is 6.98. The van der Waals surface area contributed by atoms with Crippen molar-refractivity contribution in [2.24, 2.45) is 0 Å². The smallest absolute Gasteiger partial charge is 0.282 e. The molecule has 0 radical (unpaired) electrons. The van der Waals surface area contributed by atoms with Crippen molar-refractivity contribution in [1.82, 2.24) is 4.90 Å². The molecule has 1 atom stereocenters. The number of amides is 1. The third kappa shape index (κ3) is 5.62. The number of halogens is 1. The van der Waals surface area contributed by atoms with Crippen LogP contribution in [0, 0.1) is 22.9 Å². The van der Waals surface area contributed by atoms with Crippen molar-refractivity contribution in [1.29, 1.82) is 0 Å². The highest BCUT2D eigenvalue weighted by Gasteiger charge is 2.40. The second kappa shape index (κ2) is 9.91. The third-order valence-corrected chi connectivity index (χ3v) is 11.5. The van der Waals surface area contributed by atoms with Crippen molar-refractivity contribution in [3.05, 3.63) is 75.2 Å². The van der Waals surface area contributed by atoms with Crippen molar-refractivity contribution in [3.8, 4) is 5.75 Å². The predicted molar refractivity (Wildman–Crippen MR) is 136 cm³/mol. The van der Waals surface area contributed by atoms with Crippen LogP contribution in [0.4, 0.5) is 10.1 Å². The molecule has 0 bridgehead atoms. The van der Waals surface area contributed by atoms with Gasteiger partial charge in [-0.2, -0.15) is 0 Å². The molecule has 0 saturated heterocycles. The van der Waals surface area contributed by atoms with Gasteiger partial charge in [-0.15, -0.1) is 0 Å². The normalized spacial score (nSPS) is 16.3. The van der Waals surface area contributed by atoms with E-state index < -0.39 is 19.1 Å². The first-order chi connectivity index (χ1) is 16.2. The second-order valence-electron chi connectivity index (χ2n) is 10.4. The molecule has 0 N–H and O–H groups in total. The quantitative estimate of drug-likeness (QED) is 0.252. The first-order valence-corrected chi connectivity index (χ1v) is 14.4. The molecule has 1 aliphatic heterocycles. The average Bonchev–Trinajstić information content (AvgIpc) is 3.21. The van der Waals surface area contributed by atoms with Crippen LogP contribution in [-0.4, -0.2) is 43.8 Å². The van der Waals surface area contributed by atoms with Crippen LogP contribution in [0.15, 0.2) is 42.6 Å². The molecule has 7 nitrogen and oxygen atoms in total. The molecule has 0 aliphatic carbocycles. The van der Waals surface area contributed by atoms with E-state index in [1.165, 1.54) is 36.3 Å². The van der Waals surface area contributed by atoms with Crippen molar-refractivity contribution >= 4 is 25.5 Å². The minimum atomic E-state index is -2.11. The minimum absolute atomic E-state index is 0.0171. The Morgan fingerprint density at radius 3 is 2.40 bits per heavy atom.